The van der Waals surface area contributed by atoms with Crippen LogP contribution in [-0.2, 0) is 16.1 Å². The fourth-order valence-electron chi connectivity index (χ4n) is 2.42. The Balaban J connectivity index is 2.09. The lowest BCUT2D eigenvalue weighted by Crippen LogP contribution is -2.13. The van der Waals surface area contributed by atoms with Crippen LogP contribution < -0.4 is 10.6 Å². The summed E-state index contributed by atoms with van der Waals surface area (Å²) in [7, 11) is 1.17. The summed E-state index contributed by atoms with van der Waals surface area (Å²) in [6, 6.07) is 3.80. The van der Waals surface area contributed by atoms with E-state index in [-0.39, 0.29) is 5.69 Å². The average Bonchev–Trinajstić information content (AvgIpc) is 2.94. The summed E-state index contributed by atoms with van der Waals surface area (Å²) in [6.07, 6.45) is 4.06. The molecule has 0 bridgehead atoms. The van der Waals surface area contributed by atoms with Crippen LogP contribution in [0.25, 0.3) is 6.08 Å². The van der Waals surface area contributed by atoms with E-state index in [0.29, 0.717) is 22.9 Å². The number of aryl methyl sites for hydroxylation is 2. The Morgan fingerprint density at radius 1 is 1.36 bits per heavy atom. The summed E-state index contributed by atoms with van der Waals surface area (Å²) < 4.78 is 19.9. The molecule has 0 aliphatic heterocycles. The van der Waals surface area contributed by atoms with E-state index in [1.165, 1.54) is 25.3 Å². The van der Waals surface area contributed by atoms with Crippen LogP contribution in [0.2, 0.25) is 5.15 Å². The van der Waals surface area contributed by atoms with E-state index >= 15 is 0 Å². The number of hydrogen-bond acceptors (Lipinski definition) is 4. The molecule has 1 heterocycles. The SMILES string of the molecule is CCCCn1nc(C)c(C=CC(=O)Nc2ccc(F)c(NC(=O)OC)c2)c1Cl. The minimum atomic E-state index is -0.813. The number of ether oxygens (including phenoxy) is 1. The van der Waals surface area contributed by atoms with E-state index in [0.717, 1.165) is 24.6 Å². The van der Waals surface area contributed by atoms with E-state index in [1.807, 2.05) is 6.92 Å². The summed E-state index contributed by atoms with van der Waals surface area (Å²) in [5, 5.41) is 9.68. The molecule has 2 N–H and O–H groups in total. The molecule has 1 aromatic carbocycles. The fraction of sp³-hybridized carbons (Fsp3) is 0.316. The lowest BCUT2D eigenvalue weighted by Gasteiger charge is -2.08. The third-order valence-electron chi connectivity index (χ3n) is 3.89. The Morgan fingerprint density at radius 2 is 2.11 bits per heavy atom. The molecule has 150 valence electrons. The van der Waals surface area contributed by atoms with Crippen LogP contribution in [0.15, 0.2) is 24.3 Å². The first-order valence-corrected chi connectivity index (χ1v) is 9.10. The number of carbonyl (C=O) groups excluding carboxylic acids is 2. The fourth-order valence-corrected chi connectivity index (χ4v) is 2.74. The molecule has 0 aliphatic rings. The van der Waals surface area contributed by atoms with Gasteiger partial charge in [-0.2, -0.15) is 5.10 Å². The first kappa shape index (κ1) is 21.4. The number of halogens is 2. The summed E-state index contributed by atoms with van der Waals surface area (Å²) in [5.74, 6) is -1.09. The number of benzene rings is 1. The second-order valence-corrected chi connectivity index (χ2v) is 6.36. The number of carbonyl (C=O) groups is 2. The highest BCUT2D eigenvalue weighted by atomic mass is 35.5. The molecule has 9 heteroatoms. The van der Waals surface area contributed by atoms with Crippen molar-refractivity contribution in [3.8, 4) is 0 Å². The largest absolute Gasteiger partial charge is 0.453 e. The van der Waals surface area contributed by atoms with Gasteiger partial charge in [0, 0.05) is 23.9 Å². The minimum absolute atomic E-state index is 0.107. The van der Waals surface area contributed by atoms with E-state index in [9.17, 15) is 14.0 Å². The van der Waals surface area contributed by atoms with Crippen molar-refractivity contribution in [1.82, 2.24) is 9.78 Å². The van der Waals surface area contributed by atoms with Gasteiger partial charge in [-0.15, -0.1) is 0 Å². The molecule has 0 fully saturated rings. The zero-order chi connectivity index (χ0) is 20.7. The molecule has 2 aromatic rings. The van der Waals surface area contributed by atoms with Crippen LogP contribution in [0.3, 0.4) is 0 Å². The Kier molecular flexibility index (Phi) is 7.57. The van der Waals surface area contributed by atoms with E-state index in [1.54, 1.807) is 10.8 Å². The molecule has 1 aromatic heterocycles. The number of nitrogens with zero attached hydrogens (tertiary/aromatic N) is 2. The molecule has 7 nitrogen and oxygen atoms in total. The standard InChI is InChI=1S/C19H22ClFN4O3/c1-4-5-10-25-18(20)14(12(2)24-25)7-9-17(26)22-13-6-8-15(21)16(11-13)23-19(27)28-3/h6-9,11H,4-5,10H2,1-3H3,(H,22,26)(H,23,27). The number of anilines is 2. The molecule has 0 saturated heterocycles. The van der Waals surface area contributed by atoms with Crippen LogP contribution in [0.4, 0.5) is 20.6 Å². The van der Waals surface area contributed by atoms with Crippen molar-refractivity contribution < 1.29 is 18.7 Å². The highest BCUT2D eigenvalue weighted by molar-refractivity contribution is 6.31. The predicted molar refractivity (Wildman–Crippen MR) is 107 cm³/mol. The van der Waals surface area contributed by atoms with Crippen molar-refractivity contribution in [2.45, 2.75) is 33.2 Å². The summed E-state index contributed by atoms with van der Waals surface area (Å²) in [6.45, 7) is 4.61. The van der Waals surface area contributed by atoms with Crippen molar-refractivity contribution >= 4 is 41.1 Å². The zero-order valence-electron chi connectivity index (χ0n) is 15.9. The average molecular weight is 409 g/mol. The van der Waals surface area contributed by atoms with Gasteiger partial charge >= 0.3 is 6.09 Å². The Morgan fingerprint density at radius 3 is 2.79 bits per heavy atom. The van der Waals surface area contributed by atoms with Crippen molar-refractivity contribution in [2.75, 3.05) is 17.7 Å². The highest BCUT2D eigenvalue weighted by Crippen LogP contribution is 2.23. The maximum atomic E-state index is 13.7. The number of aromatic nitrogens is 2. The van der Waals surface area contributed by atoms with Crippen LogP contribution in [0.5, 0.6) is 0 Å². The molecular formula is C19H22ClFN4O3. The van der Waals surface area contributed by atoms with Gasteiger partial charge in [0.05, 0.1) is 18.5 Å². The molecule has 0 radical (unpaired) electrons. The minimum Gasteiger partial charge on any atom is -0.453 e. The number of amides is 2. The van der Waals surface area contributed by atoms with Gasteiger partial charge in [0.1, 0.15) is 11.0 Å². The second-order valence-electron chi connectivity index (χ2n) is 6.00. The van der Waals surface area contributed by atoms with Gasteiger partial charge in [-0.3, -0.25) is 14.8 Å². The van der Waals surface area contributed by atoms with Crippen LogP contribution in [0, 0.1) is 12.7 Å². The number of nitrogens with one attached hydrogen (secondary N) is 2. The molecule has 2 amide bonds. The van der Waals surface area contributed by atoms with Gasteiger partial charge in [0.2, 0.25) is 5.91 Å². The van der Waals surface area contributed by atoms with Gasteiger partial charge < -0.3 is 10.1 Å². The van der Waals surface area contributed by atoms with Crippen LogP contribution in [0.1, 0.15) is 31.0 Å². The van der Waals surface area contributed by atoms with E-state index < -0.39 is 17.8 Å². The Bertz CT molecular complexity index is 896. The van der Waals surface area contributed by atoms with E-state index in [2.05, 4.69) is 27.4 Å². The Labute approximate surface area is 167 Å². The molecule has 0 unspecified atom stereocenters. The zero-order valence-corrected chi connectivity index (χ0v) is 16.6. The molecular weight excluding hydrogens is 387 g/mol. The quantitative estimate of drug-likeness (QED) is 0.655. The van der Waals surface area contributed by atoms with Gasteiger partial charge in [-0.05, 0) is 37.6 Å². The number of rotatable bonds is 7. The lowest BCUT2D eigenvalue weighted by molar-refractivity contribution is -0.111. The monoisotopic (exact) mass is 408 g/mol. The second kappa shape index (κ2) is 9.89. The predicted octanol–water partition coefficient (Wildman–Crippen LogP) is 4.61. The lowest BCUT2D eigenvalue weighted by atomic mass is 10.2. The maximum Gasteiger partial charge on any atom is 0.411 e. The van der Waals surface area contributed by atoms with Crippen molar-refractivity contribution in [3.63, 3.8) is 0 Å². The number of hydrogen-bond donors (Lipinski definition) is 2. The molecule has 2 rings (SSSR count). The molecule has 0 atom stereocenters. The van der Waals surface area contributed by atoms with Crippen LogP contribution in [-0.4, -0.2) is 28.9 Å². The first-order valence-electron chi connectivity index (χ1n) is 8.72. The van der Waals surface area contributed by atoms with Crippen molar-refractivity contribution in [3.05, 3.63) is 46.5 Å². The topological polar surface area (TPSA) is 85.3 Å². The smallest absolute Gasteiger partial charge is 0.411 e. The highest BCUT2D eigenvalue weighted by Gasteiger charge is 2.12. The third kappa shape index (κ3) is 5.56. The van der Waals surface area contributed by atoms with Crippen molar-refractivity contribution in [1.29, 1.82) is 0 Å². The van der Waals surface area contributed by atoms with Crippen LogP contribution >= 0.6 is 11.6 Å². The van der Waals surface area contributed by atoms with Crippen molar-refractivity contribution in [2.24, 2.45) is 0 Å². The molecule has 28 heavy (non-hydrogen) atoms. The normalized spacial score (nSPS) is 10.9. The molecule has 0 aliphatic carbocycles. The van der Waals surface area contributed by atoms with Gasteiger partial charge in [0.25, 0.3) is 0 Å². The van der Waals surface area contributed by atoms with Gasteiger partial charge in [-0.1, -0.05) is 24.9 Å². The Hall–Kier alpha value is -2.87. The third-order valence-corrected chi connectivity index (χ3v) is 4.29. The summed E-state index contributed by atoms with van der Waals surface area (Å²) >= 11 is 6.33. The van der Waals surface area contributed by atoms with Gasteiger partial charge in [-0.25, -0.2) is 9.18 Å². The first-order chi connectivity index (χ1) is 13.3. The number of unbranched alkanes of at least 4 members (excludes halogenated alkanes) is 1. The maximum absolute atomic E-state index is 13.7. The van der Waals surface area contributed by atoms with Gasteiger partial charge in [0.15, 0.2) is 0 Å². The van der Waals surface area contributed by atoms with E-state index in [4.69, 9.17) is 11.6 Å². The summed E-state index contributed by atoms with van der Waals surface area (Å²) in [5.41, 5.74) is 1.59. The summed E-state index contributed by atoms with van der Waals surface area (Å²) in [4.78, 5) is 23.4. The molecule has 0 saturated carbocycles. The molecule has 0 spiro atoms. The number of methoxy groups -OCH3 is 1.